The minimum Gasteiger partial charge on any atom is -0.289 e. The SMILES string of the molecule is Cc1ccc(Cn2nc(C)c(/C=C3\Cc4ccccc4C3=O)c2C)cc1. The maximum Gasteiger partial charge on any atom is 0.189 e. The first-order valence-corrected chi connectivity index (χ1v) is 8.95. The number of allylic oxidation sites excluding steroid dienone is 1. The third-order valence-corrected chi connectivity index (χ3v) is 5.14. The molecule has 0 aliphatic heterocycles. The van der Waals surface area contributed by atoms with E-state index in [0.29, 0.717) is 6.42 Å². The van der Waals surface area contributed by atoms with Gasteiger partial charge in [0.25, 0.3) is 0 Å². The van der Waals surface area contributed by atoms with Crippen LogP contribution in [0.3, 0.4) is 0 Å². The molecule has 3 nitrogen and oxygen atoms in total. The summed E-state index contributed by atoms with van der Waals surface area (Å²) in [5, 5.41) is 4.70. The fourth-order valence-corrected chi connectivity index (χ4v) is 3.59. The van der Waals surface area contributed by atoms with E-state index in [2.05, 4.69) is 38.1 Å². The van der Waals surface area contributed by atoms with Gasteiger partial charge in [0.1, 0.15) is 0 Å². The van der Waals surface area contributed by atoms with Crippen molar-refractivity contribution in [1.82, 2.24) is 9.78 Å². The summed E-state index contributed by atoms with van der Waals surface area (Å²) >= 11 is 0. The molecule has 0 bridgehead atoms. The zero-order valence-corrected chi connectivity index (χ0v) is 15.4. The van der Waals surface area contributed by atoms with Gasteiger partial charge in [0.05, 0.1) is 12.2 Å². The summed E-state index contributed by atoms with van der Waals surface area (Å²) < 4.78 is 2.03. The molecule has 1 aliphatic rings. The summed E-state index contributed by atoms with van der Waals surface area (Å²) in [6.07, 6.45) is 2.74. The lowest BCUT2D eigenvalue weighted by atomic mass is 10.1. The number of ketones is 1. The smallest absolute Gasteiger partial charge is 0.189 e. The molecule has 1 aliphatic carbocycles. The Kier molecular flexibility index (Phi) is 4.08. The average molecular weight is 342 g/mol. The van der Waals surface area contributed by atoms with Gasteiger partial charge in [0.2, 0.25) is 0 Å². The van der Waals surface area contributed by atoms with E-state index in [0.717, 1.165) is 40.2 Å². The summed E-state index contributed by atoms with van der Waals surface area (Å²) in [5.74, 6) is 0.144. The largest absolute Gasteiger partial charge is 0.289 e. The van der Waals surface area contributed by atoms with Crippen molar-refractivity contribution in [3.63, 3.8) is 0 Å². The lowest BCUT2D eigenvalue weighted by Gasteiger charge is -2.05. The van der Waals surface area contributed by atoms with Gasteiger partial charge in [0, 0.05) is 28.8 Å². The highest BCUT2D eigenvalue weighted by atomic mass is 16.1. The van der Waals surface area contributed by atoms with E-state index >= 15 is 0 Å². The van der Waals surface area contributed by atoms with Gasteiger partial charge in [-0.25, -0.2) is 0 Å². The van der Waals surface area contributed by atoms with Crippen molar-refractivity contribution < 1.29 is 4.79 Å². The molecule has 4 rings (SSSR count). The van der Waals surface area contributed by atoms with E-state index in [9.17, 15) is 4.79 Å². The van der Waals surface area contributed by atoms with Gasteiger partial charge in [-0.2, -0.15) is 5.10 Å². The van der Waals surface area contributed by atoms with E-state index in [1.165, 1.54) is 11.1 Å². The van der Waals surface area contributed by atoms with Crippen molar-refractivity contribution in [2.45, 2.75) is 33.7 Å². The summed E-state index contributed by atoms with van der Waals surface area (Å²) in [6, 6.07) is 16.4. The highest BCUT2D eigenvalue weighted by Crippen LogP contribution is 2.29. The van der Waals surface area contributed by atoms with Crippen molar-refractivity contribution >= 4 is 11.9 Å². The maximum absolute atomic E-state index is 12.7. The summed E-state index contributed by atoms with van der Waals surface area (Å²) in [6.45, 7) is 6.92. The van der Waals surface area contributed by atoms with E-state index in [1.54, 1.807) is 0 Å². The van der Waals surface area contributed by atoms with Crippen LogP contribution in [0.4, 0.5) is 0 Å². The number of Topliss-reactive ketones (excluding diaryl/α,β-unsaturated/α-hetero) is 1. The van der Waals surface area contributed by atoms with Crippen LogP contribution in [0.2, 0.25) is 0 Å². The van der Waals surface area contributed by atoms with Crippen LogP contribution in [0, 0.1) is 20.8 Å². The van der Waals surface area contributed by atoms with Gasteiger partial charge in [-0.3, -0.25) is 9.48 Å². The van der Waals surface area contributed by atoms with Gasteiger partial charge in [0.15, 0.2) is 5.78 Å². The number of aromatic nitrogens is 2. The van der Waals surface area contributed by atoms with Gasteiger partial charge < -0.3 is 0 Å². The molecular formula is C23H22N2O. The molecule has 0 amide bonds. The Hall–Kier alpha value is -2.94. The topological polar surface area (TPSA) is 34.9 Å². The van der Waals surface area contributed by atoms with Crippen LogP contribution in [-0.4, -0.2) is 15.6 Å². The molecule has 0 fully saturated rings. The summed E-state index contributed by atoms with van der Waals surface area (Å²) in [5.41, 5.74) is 8.41. The second-order valence-corrected chi connectivity index (χ2v) is 7.06. The van der Waals surface area contributed by atoms with E-state index in [1.807, 2.05) is 41.9 Å². The first-order valence-electron chi connectivity index (χ1n) is 8.95. The van der Waals surface area contributed by atoms with Crippen LogP contribution in [0.25, 0.3) is 6.08 Å². The van der Waals surface area contributed by atoms with E-state index < -0.39 is 0 Å². The number of benzene rings is 2. The van der Waals surface area contributed by atoms with Gasteiger partial charge in [-0.05, 0) is 38.0 Å². The van der Waals surface area contributed by atoms with E-state index in [-0.39, 0.29) is 5.78 Å². The Bertz CT molecular complexity index is 1020. The first kappa shape index (κ1) is 16.5. The van der Waals surface area contributed by atoms with Gasteiger partial charge >= 0.3 is 0 Å². The zero-order chi connectivity index (χ0) is 18.3. The van der Waals surface area contributed by atoms with Crippen molar-refractivity contribution in [2.24, 2.45) is 0 Å². The maximum atomic E-state index is 12.7. The van der Waals surface area contributed by atoms with Crippen LogP contribution in [0.1, 0.15) is 44.0 Å². The quantitative estimate of drug-likeness (QED) is 0.648. The number of hydrogen-bond donors (Lipinski definition) is 0. The van der Waals surface area contributed by atoms with E-state index in [4.69, 9.17) is 5.10 Å². The molecule has 0 unspecified atom stereocenters. The Morgan fingerprint density at radius 3 is 2.50 bits per heavy atom. The molecule has 0 radical (unpaired) electrons. The molecule has 3 aromatic rings. The number of fused-ring (bicyclic) bond motifs is 1. The monoisotopic (exact) mass is 342 g/mol. The highest BCUT2D eigenvalue weighted by Gasteiger charge is 2.25. The molecule has 130 valence electrons. The minimum absolute atomic E-state index is 0.144. The van der Waals surface area contributed by atoms with Crippen molar-refractivity contribution in [2.75, 3.05) is 0 Å². The molecule has 0 saturated heterocycles. The van der Waals surface area contributed by atoms with Gasteiger partial charge in [-0.15, -0.1) is 0 Å². The molecule has 0 saturated carbocycles. The molecule has 1 heterocycles. The summed E-state index contributed by atoms with van der Waals surface area (Å²) in [7, 11) is 0. The predicted octanol–water partition coefficient (Wildman–Crippen LogP) is 4.68. The Morgan fingerprint density at radius 2 is 1.77 bits per heavy atom. The number of nitrogens with zero attached hydrogens (tertiary/aromatic N) is 2. The van der Waals surface area contributed by atoms with Crippen LogP contribution in [0.15, 0.2) is 54.1 Å². The molecule has 2 aromatic carbocycles. The molecule has 1 aromatic heterocycles. The molecule has 0 spiro atoms. The summed E-state index contributed by atoms with van der Waals surface area (Å²) in [4.78, 5) is 12.7. The molecule has 0 atom stereocenters. The predicted molar refractivity (Wildman–Crippen MR) is 104 cm³/mol. The number of aryl methyl sites for hydroxylation is 2. The second-order valence-electron chi connectivity index (χ2n) is 7.06. The van der Waals surface area contributed by atoms with Crippen LogP contribution >= 0.6 is 0 Å². The minimum atomic E-state index is 0.144. The fourth-order valence-electron chi connectivity index (χ4n) is 3.59. The van der Waals surface area contributed by atoms with Crippen molar-refractivity contribution in [1.29, 1.82) is 0 Å². The molecule has 26 heavy (non-hydrogen) atoms. The standard InChI is InChI=1S/C23H22N2O/c1-15-8-10-18(11-9-15)14-25-17(3)22(16(2)24-25)13-20-12-19-6-4-5-7-21(19)23(20)26/h4-11,13H,12,14H2,1-3H3/b20-13+. The second kappa shape index (κ2) is 6.41. The Balaban J connectivity index is 1.65. The highest BCUT2D eigenvalue weighted by molar-refractivity contribution is 6.15. The van der Waals surface area contributed by atoms with Crippen molar-refractivity contribution in [3.8, 4) is 0 Å². The lowest BCUT2D eigenvalue weighted by molar-refractivity contribution is 0.104. The van der Waals surface area contributed by atoms with Crippen molar-refractivity contribution in [3.05, 3.63) is 93.3 Å². The van der Waals surface area contributed by atoms with Crippen LogP contribution in [-0.2, 0) is 13.0 Å². The third kappa shape index (κ3) is 2.90. The number of carbonyl (C=O) groups excluding carboxylic acids is 1. The first-order chi connectivity index (χ1) is 12.5. The number of carbonyl (C=O) groups is 1. The van der Waals surface area contributed by atoms with Crippen LogP contribution < -0.4 is 0 Å². The molecular weight excluding hydrogens is 320 g/mol. The normalized spacial score (nSPS) is 14.9. The van der Waals surface area contributed by atoms with Gasteiger partial charge in [-0.1, -0.05) is 54.1 Å². The number of rotatable bonds is 3. The third-order valence-electron chi connectivity index (χ3n) is 5.14. The fraction of sp³-hybridized carbons (Fsp3) is 0.217. The zero-order valence-electron chi connectivity index (χ0n) is 15.4. The van der Waals surface area contributed by atoms with Crippen LogP contribution in [0.5, 0.6) is 0 Å². The lowest BCUT2D eigenvalue weighted by Crippen LogP contribution is -2.04. The Labute approximate surface area is 154 Å². The molecule has 0 N–H and O–H groups in total. The molecule has 3 heteroatoms. The Morgan fingerprint density at radius 1 is 1.04 bits per heavy atom. The number of hydrogen-bond acceptors (Lipinski definition) is 2. The average Bonchev–Trinajstić information content (AvgIpc) is 3.09.